The van der Waals surface area contributed by atoms with Crippen LogP contribution in [0, 0.1) is 11.8 Å². The summed E-state index contributed by atoms with van der Waals surface area (Å²) in [5.74, 6) is -0.549. The van der Waals surface area contributed by atoms with Gasteiger partial charge in [-0.25, -0.2) is 9.38 Å². The molecule has 2 fully saturated rings. The number of aliphatic imine (C=N–C) groups is 2. The second-order valence-corrected chi connectivity index (χ2v) is 9.41. The highest BCUT2D eigenvalue weighted by atomic mass is 32.2. The molecule has 6 nitrogen and oxygen atoms in total. The quantitative estimate of drug-likeness (QED) is 0.731. The van der Waals surface area contributed by atoms with Gasteiger partial charge in [-0.1, -0.05) is 0 Å². The number of nitrogens with zero attached hydrogens (tertiary/aromatic N) is 2. The van der Waals surface area contributed by atoms with Gasteiger partial charge in [0.25, 0.3) is 5.91 Å². The Morgan fingerprint density at radius 3 is 2.79 bits per heavy atom. The summed E-state index contributed by atoms with van der Waals surface area (Å²) < 4.78 is 25.5. The van der Waals surface area contributed by atoms with Crippen molar-refractivity contribution in [3.8, 4) is 0 Å². The molecule has 1 saturated carbocycles. The molecule has 0 spiro atoms. The Labute approximate surface area is 168 Å². The van der Waals surface area contributed by atoms with Crippen molar-refractivity contribution in [2.75, 3.05) is 25.6 Å². The number of carbonyl (C=O) groups is 1. The van der Waals surface area contributed by atoms with Crippen molar-refractivity contribution in [3.05, 3.63) is 23.7 Å². The van der Waals surface area contributed by atoms with Gasteiger partial charge in [-0.2, -0.15) is 16.8 Å². The fourth-order valence-corrected chi connectivity index (χ4v) is 5.08. The molecule has 1 unspecified atom stereocenters. The summed E-state index contributed by atoms with van der Waals surface area (Å²) in [5, 5.41) is 10.3. The van der Waals surface area contributed by atoms with Crippen LogP contribution in [0.5, 0.6) is 0 Å². The zero-order valence-corrected chi connectivity index (χ0v) is 16.7. The first-order chi connectivity index (χ1) is 13.4. The molecular weight excluding hydrogens is 383 g/mol. The molecule has 0 aromatic carbocycles. The number of halogens is 1. The monoisotopic (exact) mass is 408 g/mol. The van der Waals surface area contributed by atoms with Crippen molar-refractivity contribution < 1.29 is 23.8 Å². The number of thioether (sulfide) groups is 1. The molecule has 1 amide bonds. The van der Waals surface area contributed by atoms with E-state index >= 15 is 0 Å². The lowest BCUT2D eigenvalue weighted by Gasteiger charge is -2.40. The maximum atomic E-state index is 14.5. The Hall–Kier alpha value is -1.51. The number of hydrogen-bond donors (Lipinski definition) is 1. The van der Waals surface area contributed by atoms with E-state index in [0.717, 1.165) is 26.1 Å². The molecule has 2 aliphatic carbocycles. The first kappa shape index (κ1) is 19.8. The summed E-state index contributed by atoms with van der Waals surface area (Å²) in [5.41, 5.74) is -0.257. The standard InChI is InChI=1S/C20H25FN2O4S/c1-20(25)8-12(9-20)10-27-13-6-15(21)18-16(7-13)22-17(23-19(18)24)11-28-14-2-4-26-5-3-14/h6-7,12,14,18,25H,2-5,8-11H2,1H3. The van der Waals surface area contributed by atoms with E-state index in [1.54, 1.807) is 24.8 Å². The zero-order chi connectivity index (χ0) is 19.7. The molecule has 0 aromatic heterocycles. The van der Waals surface area contributed by atoms with Crippen molar-refractivity contribution in [1.29, 1.82) is 0 Å². The minimum Gasteiger partial charge on any atom is -0.493 e. The first-order valence-corrected chi connectivity index (χ1v) is 10.8. The van der Waals surface area contributed by atoms with Crippen LogP contribution in [-0.4, -0.2) is 59.0 Å². The van der Waals surface area contributed by atoms with Crippen LogP contribution in [0.15, 0.2) is 33.7 Å². The molecule has 0 radical (unpaired) electrons. The Balaban J connectivity index is 1.38. The average Bonchev–Trinajstić information content (AvgIpc) is 2.63. The number of amidine groups is 1. The third kappa shape index (κ3) is 4.55. The van der Waals surface area contributed by atoms with Gasteiger partial charge < -0.3 is 14.6 Å². The van der Waals surface area contributed by atoms with Gasteiger partial charge in [0, 0.05) is 30.6 Å². The molecule has 1 N–H and O–H groups in total. The lowest BCUT2D eigenvalue weighted by Crippen LogP contribution is -2.42. The summed E-state index contributed by atoms with van der Waals surface area (Å²) in [6.45, 7) is 3.73. The zero-order valence-electron chi connectivity index (χ0n) is 15.9. The highest BCUT2D eigenvalue weighted by molar-refractivity contribution is 8.00. The smallest absolute Gasteiger partial charge is 0.263 e. The molecule has 4 rings (SSSR count). The molecule has 1 atom stereocenters. The van der Waals surface area contributed by atoms with E-state index in [9.17, 15) is 14.3 Å². The van der Waals surface area contributed by atoms with Crippen molar-refractivity contribution in [3.63, 3.8) is 0 Å². The third-order valence-corrected chi connectivity index (χ3v) is 6.81. The van der Waals surface area contributed by atoms with E-state index in [4.69, 9.17) is 9.47 Å². The SMILES string of the molecule is CC1(O)CC(COC2=CC3=NC(CSC4CCOCC4)=NC(=O)C3C(F)=C2)C1. The highest BCUT2D eigenvalue weighted by Gasteiger charge is 2.39. The summed E-state index contributed by atoms with van der Waals surface area (Å²) >= 11 is 1.72. The number of allylic oxidation sites excluding steroid dienone is 2. The number of aliphatic hydroxyl groups is 1. The molecule has 8 heteroatoms. The van der Waals surface area contributed by atoms with Crippen molar-refractivity contribution in [1.82, 2.24) is 0 Å². The van der Waals surface area contributed by atoms with Crippen molar-refractivity contribution in [2.24, 2.45) is 21.8 Å². The van der Waals surface area contributed by atoms with Crippen LogP contribution in [0.3, 0.4) is 0 Å². The number of hydrogen-bond acceptors (Lipinski definition) is 6. The predicted molar refractivity (Wildman–Crippen MR) is 106 cm³/mol. The van der Waals surface area contributed by atoms with Crippen LogP contribution in [0.25, 0.3) is 0 Å². The number of fused-ring (bicyclic) bond motifs is 1. The maximum Gasteiger partial charge on any atom is 0.263 e. The van der Waals surface area contributed by atoms with Gasteiger partial charge in [0.2, 0.25) is 0 Å². The molecule has 0 aromatic rings. The Bertz CT molecular complexity index is 760. The highest BCUT2D eigenvalue weighted by Crippen LogP contribution is 2.38. The lowest BCUT2D eigenvalue weighted by atomic mass is 9.73. The summed E-state index contributed by atoms with van der Waals surface area (Å²) in [4.78, 5) is 20.8. The number of rotatable bonds is 6. The average molecular weight is 408 g/mol. The molecule has 0 bridgehead atoms. The normalized spacial score (nSPS) is 33.2. The summed E-state index contributed by atoms with van der Waals surface area (Å²) in [6, 6.07) is 0. The van der Waals surface area contributed by atoms with E-state index in [2.05, 4.69) is 9.98 Å². The fraction of sp³-hybridized carbons (Fsp3) is 0.650. The minimum absolute atomic E-state index is 0.257. The van der Waals surface area contributed by atoms with E-state index in [1.807, 2.05) is 0 Å². The van der Waals surface area contributed by atoms with E-state index < -0.39 is 23.3 Å². The van der Waals surface area contributed by atoms with Gasteiger partial charge in [-0.15, -0.1) is 0 Å². The van der Waals surface area contributed by atoms with E-state index in [0.29, 0.717) is 47.8 Å². The first-order valence-electron chi connectivity index (χ1n) is 9.73. The molecule has 2 heterocycles. The Morgan fingerprint density at radius 1 is 1.32 bits per heavy atom. The molecule has 4 aliphatic rings. The number of ether oxygens (including phenoxy) is 2. The van der Waals surface area contributed by atoms with Crippen molar-refractivity contribution >= 4 is 29.2 Å². The van der Waals surface area contributed by atoms with Crippen LogP contribution >= 0.6 is 11.8 Å². The third-order valence-electron chi connectivity index (χ3n) is 5.45. The van der Waals surface area contributed by atoms with Crippen LogP contribution in [0.2, 0.25) is 0 Å². The van der Waals surface area contributed by atoms with Crippen molar-refractivity contribution in [2.45, 2.75) is 43.5 Å². The van der Waals surface area contributed by atoms with Gasteiger partial charge >= 0.3 is 0 Å². The molecule has 1 saturated heterocycles. The predicted octanol–water partition coefficient (Wildman–Crippen LogP) is 2.82. The van der Waals surface area contributed by atoms with Gasteiger partial charge in [0.1, 0.15) is 23.3 Å². The summed E-state index contributed by atoms with van der Waals surface area (Å²) in [6.07, 6.45) is 6.19. The Morgan fingerprint density at radius 2 is 2.07 bits per heavy atom. The van der Waals surface area contributed by atoms with E-state index in [-0.39, 0.29) is 5.92 Å². The largest absolute Gasteiger partial charge is 0.493 e. The van der Waals surface area contributed by atoms with Crippen LogP contribution in [0.1, 0.15) is 32.6 Å². The van der Waals surface area contributed by atoms with Crippen LogP contribution in [-0.2, 0) is 14.3 Å². The number of carbonyl (C=O) groups excluding carboxylic acids is 1. The maximum absolute atomic E-state index is 14.5. The second kappa shape index (κ2) is 8.08. The van der Waals surface area contributed by atoms with Crippen LogP contribution in [0.4, 0.5) is 4.39 Å². The molecule has 28 heavy (non-hydrogen) atoms. The summed E-state index contributed by atoms with van der Waals surface area (Å²) in [7, 11) is 0. The fourth-order valence-electron chi connectivity index (χ4n) is 4.04. The van der Waals surface area contributed by atoms with E-state index in [1.165, 1.54) is 6.08 Å². The molecule has 152 valence electrons. The van der Waals surface area contributed by atoms with Gasteiger partial charge in [0.05, 0.1) is 23.7 Å². The molecule has 2 aliphatic heterocycles. The topological polar surface area (TPSA) is 80.5 Å². The van der Waals surface area contributed by atoms with Gasteiger partial charge in [-0.3, -0.25) is 4.79 Å². The Kier molecular flexibility index (Phi) is 5.71. The lowest BCUT2D eigenvalue weighted by molar-refractivity contribution is -0.119. The van der Waals surface area contributed by atoms with Gasteiger partial charge in [-0.05, 0) is 38.5 Å². The van der Waals surface area contributed by atoms with Crippen LogP contribution < -0.4 is 0 Å². The second-order valence-electron chi connectivity index (χ2n) is 8.12. The molecular formula is C20H25FN2O4S. The van der Waals surface area contributed by atoms with Gasteiger partial charge in [0.15, 0.2) is 0 Å². The number of amides is 1. The minimum atomic E-state index is -1.05.